The Bertz CT molecular complexity index is 684. The van der Waals surface area contributed by atoms with Crippen molar-refractivity contribution in [1.82, 2.24) is 4.90 Å². The highest BCUT2D eigenvalue weighted by Gasteiger charge is 2.39. The van der Waals surface area contributed by atoms with Gasteiger partial charge in [0.2, 0.25) is 6.04 Å². The molecule has 1 unspecified atom stereocenters. The summed E-state index contributed by atoms with van der Waals surface area (Å²) >= 11 is 0. The first-order valence-corrected chi connectivity index (χ1v) is 7.79. The van der Waals surface area contributed by atoms with Gasteiger partial charge in [-0.25, -0.2) is 4.39 Å². The molecule has 1 aliphatic rings. The molecule has 4 nitrogen and oxygen atoms in total. The Balaban J connectivity index is 0.00000208. The maximum atomic E-state index is 14.0. The summed E-state index contributed by atoms with van der Waals surface area (Å²) in [6, 6.07) is 15.5. The third-order valence-corrected chi connectivity index (χ3v) is 4.49. The Morgan fingerprint density at radius 3 is 2.46 bits per heavy atom. The second-order valence-corrected chi connectivity index (χ2v) is 5.99. The molecule has 2 aromatic rings. The van der Waals surface area contributed by atoms with Crippen molar-refractivity contribution in [2.75, 3.05) is 13.1 Å². The number of likely N-dealkylation sites (tertiary alicyclic amines) is 1. The third kappa shape index (κ3) is 4.10. The Morgan fingerprint density at radius 2 is 1.79 bits per heavy atom. The monoisotopic (exact) mass is 350 g/mol. The van der Waals surface area contributed by atoms with Crippen LogP contribution in [-0.2, 0) is 6.54 Å². The molecule has 0 aliphatic carbocycles. The van der Waals surface area contributed by atoms with Crippen LogP contribution in [0.3, 0.4) is 0 Å². The Labute approximate surface area is 146 Å². The molecule has 6 heteroatoms. The van der Waals surface area contributed by atoms with Crippen molar-refractivity contribution in [2.24, 2.45) is 0 Å². The Hall–Kier alpha value is -1.98. The fourth-order valence-electron chi connectivity index (χ4n) is 3.33. The topological polar surface area (TPSA) is 46.4 Å². The van der Waals surface area contributed by atoms with Crippen molar-refractivity contribution >= 4 is 12.4 Å². The van der Waals surface area contributed by atoms with E-state index >= 15 is 0 Å². The first-order chi connectivity index (χ1) is 11.1. The zero-order valence-corrected chi connectivity index (χ0v) is 14.0. The van der Waals surface area contributed by atoms with Gasteiger partial charge in [0.1, 0.15) is 5.82 Å². The Morgan fingerprint density at radius 1 is 1.12 bits per heavy atom. The van der Waals surface area contributed by atoms with Gasteiger partial charge < -0.3 is 0 Å². The molecule has 0 aromatic heterocycles. The highest BCUT2D eigenvalue weighted by Crippen LogP contribution is 2.32. The van der Waals surface area contributed by atoms with E-state index in [4.69, 9.17) is 0 Å². The molecule has 128 valence electrons. The smallest absolute Gasteiger partial charge is 0.232 e. The van der Waals surface area contributed by atoms with E-state index in [0.29, 0.717) is 25.1 Å². The van der Waals surface area contributed by atoms with Gasteiger partial charge in [0.25, 0.3) is 0 Å². The molecule has 0 saturated carbocycles. The fraction of sp³-hybridized carbons (Fsp3) is 0.333. The highest BCUT2D eigenvalue weighted by molar-refractivity contribution is 5.85. The van der Waals surface area contributed by atoms with Crippen LogP contribution in [0.4, 0.5) is 4.39 Å². The molecule has 24 heavy (non-hydrogen) atoms. The van der Waals surface area contributed by atoms with Gasteiger partial charge in [0.15, 0.2) is 0 Å². The molecule has 1 fully saturated rings. The van der Waals surface area contributed by atoms with E-state index in [1.807, 2.05) is 30.3 Å². The van der Waals surface area contributed by atoms with Crippen LogP contribution in [0.25, 0.3) is 0 Å². The highest BCUT2D eigenvalue weighted by atomic mass is 35.5. The zero-order chi connectivity index (χ0) is 16.2. The minimum atomic E-state index is -0.774. The first kappa shape index (κ1) is 18.4. The van der Waals surface area contributed by atoms with Crippen LogP contribution in [-0.4, -0.2) is 29.0 Å². The molecule has 1 saturated heterocycles. The van der Waals surface area contributed by atoms with Crippen LogP contribution in [0.1, 0.15) is 23.5 Å². The van der Waals surface area contributed by atoms with Gasteiger partial charge in [-0.3, -0.25) is 15.0 Å². The maximum Gasteiger partial charge on any atom is 0.232 e. The van der Waals surface area contributed by atoms with Gasteiger partial charge in [0, 0.05) is 11.5 Å². The van der Waals surface area contributed by atoms with Crippen LogP contribution in [0.5, 0.6) is 0 Å². The lowest BCUT2D eigenvalue weighted by Crippen LogP contribution is -2.46. The van der Waals surface area contributed by atoms with E-state index in [9.17, 15) is 14.5 Å². The molecule has 0 amide bonds. The van der Waals surface area contributed by atoms with Gasteiger partial charge in [0.05, 0.1) is 12.5 Å². The molecule has 0 bridgehead atoms. The maximum absolute atomic E-state index is 14.0. The molecular weight excluding hydrogens is 331 g/mol. The summed E-state index contributed by atoms with van der Waals surface area (Å²) in [5.74, 6) is -0.709. The van der Waals surface area contributed by atoms with E-state index in [2.05, 4.69) is 4.90 Å². The number of nitro groups is 1. The molecule has 0 spiro atoms. The summed E-state index contributed by atoms with van der Waals surface area (Å²) in [6.45, 7) is 1.77. The largest absolute Gasteiger partial charge is 0.292 e. The zero-order valence-electron chi connectivity index (χ0n) is 13.2. The first-order valence-electron chi connectivity index (χ1n) is 7.79. The summed E-state index contributed by atoms with van der Waals surface area (Å²) in [6.07, 6.45) is 0.597. The predicted octanol–water partition coefficient (Wildman–Crippen LogP) is 3.88. The van der Waals surface area contributed by atoms with Crippen molar-refractivity contribution in [3.63, 3.8) is 0 Å². The Kier molecular flexibility index (Phi) is 6.29. The van der Waals surface area contributed by atoms with Crippen molar-refractivity contribution in [3.8, 4) is 0 Å². The van der Waals surface area contributed by atoms with Gasteiger partial charge in [-0.2, -0.15) is 0 Å². The molecule has 0 N–H and O–H groups in total. The number of hydrogen-bond donors (Lipinski definition) is 0. The van der Waals surface area contributed by atoms with Gasteiger partial charge >= 0.3 is 0 Å². The van der Waals surface area contributed by atoms with Gasteiger partial charge in [-0.15, -0.1) is 12.4 Å². The standard InChI is InChI=1S/C18H19FN2O2.ClH/c19-17-9-5-4-8-15(17)16-10-11-20(13-18(16)21(22)23)12-14-6-2-1-3-7-14;/h1-9,16,18H,10-13H2;1H/t16?,18-;/m1./s1. The van der Waals surface area contributed by atoms with E-state index in [1.54, 1.807) is 18.2 Å². The molecule has 1 aliphatic heterocycles. The number of rotatable bonds is 4. The van der Waals surface area contributed by atoms with Crippen LogP contribution < -0.4 is 0 Å². The number of benzene rings is 2. The third-order valence-electron chi connectivity index (χ3n) is 4.49. The second kappa shape index (κ2) is 8.22. The minimum absolute atomic E-state index is 0. The lowest BCUT2D eigenvalue weighted by Gasteiger charge is -2.34. The lowest BCUT2D eigenvalue weighted by atomic mass is 9.85. The van der Waals surface area contributed by atoms with Gasteiger partial charge in [-0.1, -0.05) is 48.5 Å². The molecule has 3 rings (SSSR count). The summed E-state index contributed by atoms with van der Waals surface area (Å²) in [5, 5.41) is 11.5. The van der Waals surface area contributed by atoms with E-state index in [-0.39, 0.29) is 29.1 Å². The van der Waals surface area contributed by atoms with E-state index in [1.165, 1.54) is 6.07 Å². The number of nitrogens with zero attached hydrogens (tertiary/aromatic N) is 2. The van der Waals surface area contributed by atoms with E-state index in [0.717, 1.165) is 12.1 Å². The minimum Gasteiger partial charge on any atom is -0.292 e. The number of hydrogen-bond acceptors (Lipinski definition) is 3. The van der Waals surface area contributed by atoms with Crippen LogP contribution in [0.15, 0.2) is 54.6 Å². The van der Waals surface area contributed by atoms with E-state index < -0.39 is 6.04 Å². The normalized spacial score (nSPS) is 21.0. The van der Waals surface area contributed by atoms with Crippen LogP contribution in [0, 0.1) is 15.9 Å². The number of halogens is 2. The van der Waals surface area contributed by atoms with Crippen LogP contribution in [0.2, 0.25) is 0 Å². The average Bonchev–Trinajstić information content (AvgIpc) is 2.56. The van der Waals surface area contributed by atoms with Crippen molar-refractivity contribution in [1.29, 1.82) is 0 Å². The summed E-state index contributed by atoms with van der Waals surface area (Å²) in [5.41, 5.74) is 1.60. The van der Waals surface area contributed by atoms with Crippen molar-refractivity contribution in [3.05, 3.63) is 81.7 Å². The summed E-state index contributed by atoms with van der Waals surface area (Å²) in [4.78, 5) is 13.3. The quantitative estimate of drug-likeness (QED) is 0.621. The van der Waals surface area contributed by atoms with Crippen molar-refractivity contribution in [2.45, 2.75) is 24.9 Å². The molecule has 1 heterocycles. The molecular formula is C18H20ClFN2O2. The lowest BCUT2D eigenvalue weighted by molar-refractivity contribution is -0.530. The van der Waals surface area contributed by atoms with Crippen LogP contribution >= 0.6 is 12.4 Å². The average molecular weight is 351 g/mol. The fourth-order valence-corrected chi connectivity index (χ4v) is 3.33. The molecule has 2 atom stereocenters. The van der Waals surface area contributed by atoms with Gasteiger partial charge in [-0.05, 0) is 30.2 Å². The number of piperidine rings is 1. The molecule has 2 aromatic carbocycles. The molecule has 0 radical (unpaired) electrons. The second-order valence-electron chi connectivity index (χ2n) is 5.99. The predicted molar refractivity (Wildman–Crippen MR) is 93.5 cm³/mol. The van der Waals surface area contributed by atoms with Crippen molar-refractivity contribution < 1.29 is 9.31 Å². The summed E-state index contributed by atoms with van der Waals surface area (Å²) < 4.78 is 14.0. The summed E-state index contributed by atoms with van der Waals surface area (Å²) in [7, 11) is 0. The SMILES string of the molecule is Cl.O=[N+]([O-])[C@@H]1CN(Cc2ccccc2)CCC1c1ccccc1F.